The van der Waals surface area contributed by atoms with Crippen LogP contribution in [-0.4, -0.2) is 28.7 Å². The van der Waals surface area contributed by atoms with Crippen LogP contribution < -0.4 is 5.32 Å². The maximum absolute atomic E-state index is 12.2. The molecule has 0 aliphatic rings. The number of carbonyl (C=O) groups is 2. The standard InChI is InChI=1S/C18H15N3O4/c1-2-24-18(23)13-8-10-14(11-9-13)19-15(22)17-21-20-16(25-17)12-6-4-3-5-7-12/h3-11H,2H2,1H3,(H,19,22). The summed E-state index contributed by atoms with van der Waals surface area (Å²) in [7, 11) is 0. The molecule has 2 aromatic carbocycles. The van der Waals surface area contributed by atoms with Crippen LogP contribution in [0.3, 0.4) is 0 Å². The van der Waals surface area contributed by atoms with Gasteiger partial charge >= 0.3 is 17.8 Å². The summed E-state index contributed by atoms with van der Waals surface area (Å²) in [6, 6.07) is 15.5. The number of nitrogens with zero attached hydrogens (tertiary/aromatic N) is 2. The highest BCUT2D eigenvalue weighted by Gasteiger charge is 2.16. The minimum Gasteiger partial charge on any atom is -0.462 e. The van der Waals surface area contributed by atoms with E-state index < -0.39 is 11.9 Å². The largest absolute Gasteiger partial charge is 0.462 e. The smallest absolute Gasteiger partial charge is 0.338 e. The molecule has 0 unspecified atom stereocenters. The Balaban J connectivity index is 1.68. The van der Waals surface area contributed by atoms with E-state index in [0.717, 1.165) is 5.56 Å². The van der Waals surface area contributed by atoms with Crippen LogP contribution in [0.4, 0.5) is 5.69 Å². The monoisotopic (exact) mass is 337 g/mol. The van der Waals surface area contributed by atoms with Crippen LogP contribution >= 0.6 is 0 Å². The molecule has 1 amide bonds. The number of nitrogens with one attached hydrogen (secondary N) is 1. The van der Waals surface area contributed by atoms with E-state index in [9.17, 15) is 9.59 Å². The summed E-state index contributed by atoms with van der Waals surface area (Å²) in [6.07, 6.45) is 0. The molecule has 1 aromatic heterocycles. The van der Waals surface area contributed by atoms with Crippen LogP contribution in [0.25, 0.3) is 11.5 Å². The Morgan fingerprint density at radius 2 is 1.76 bits per heavy atom. The van der Waals surface area contributed by atoms with Gasteiger partial charge in [-0.3, -0.25) is 4.79 Å². The van der Waals surface area contributed by atoms with E-state index in [4.69, 9.17) is 9.15 Å². The molecule has 0 saturated heterocycles. The first-order chi connectivity index (χ1) is 12.2. The van der Waals surface area contributed by atoms with Crippen LogP contribution in [0.15, 0.2) is 59.0 Å². The predicted molar refractivity (Wildman–Crippen MR) is 90.1 cm³/mol. The van der Waals surface area contributed by atoms with Gasteiger partial charge < -0.3 is 14.5 Å². The first-order valence-corrected chi connectivity index (χ1v) is 7.65. The second-order valence-corrected chi connectivity index (χ2v) is 5.03. The van der Waals surface area contributed by atoms with Crippen molar-refractivity contribution in [3.8, 4) is 11.5 Å². The summed E-state index contributed by atoms with van der Waals surface area (Å²) in [5.41, 5.74) is 1.63. The third-order valence-electron chi connectivity index (χ3n) is 3.29. The molecule has 0 saturated carbocycles. The average molecular weight is 337 g/mol. The molecule has 0 atom stereocenters. The van der Waals surface area contributed by atoms with Gasteiger partial charge in [0.1, 0.15) is 0 Å². The third-order valence-corrected chi connectivity index (χ3v) is 3.29. The quantitative estimate of drug-likeness (QED) is 0.719. The molecular formula is C18H15N3O4. The predicted octanol–water partition coefficient (Wildman–Crippen LogP) is 3.17. The summed E-state index contributed by atoms with van der Waals surface area (Å²) >= 11 is 0. The number of anilines is 1. The minimum absolute atomic E-state index is 0.145. The Morgan fingerprint density at radius 3 is 2.44 bits per heavy atom. The van der Waals surface area contributed by atoms with Gasteiger partial charge in [0.05, 0.1) is 12.2 Å². The molecule has 3 rings (SSSR count). The Morgan fingerprint density at radius 1 is 1.04 bits per heavy atom. The van der Waals surface area contributed by atoms with Gasteiger partial charge in [-0.05, 0) is 43.3 Å². The van der Waals surface area contributed by atoms with Gasteiger partial charge in [-0.15, -0.1) is 10.2 Å². The number of benzene rings is 2. The Labute approximate surface area is 143 Å². The van der Waals surface area contributed by atoms with Crippen LogP contribution in [0, 0.1) is 0 Å². The van der Waals surface area contributed by atoms with Crippen molar-refractivity contribution in [1.29, 1.82) is 0 Å². The van der Waals surface area contributed by atoms with E-state index in [1.54, 1.807) is 31.2 Å². The zero-order valence-corrected chi connectivity index (χ0v) is 13.4. The summed E-state index contributed by atoms with van der Waals surface area (Å²) in [4.78, 5) is 23.8. The molecule has 0 fully saturated rings. The molecule has 0 radical (unpaired) electrons. The van der Waals surface area contributed by atoms with Gasteiger partial charge in [0.25, 0.3) is 0 Å². The van der Waals surface area contributed by atoms with E-state index in [1.165, 1.54) is 0 Å². The van der Waals surface area contributed by atoms with Crippen LogP contribution in [0.2, 0.25) is 0 Å². The molecule has 126 valence electrons. The van der Waals surface area contributed by atoms with Crippen molar-refractivity contribution >= 4 is 17.6 Å². The number of ether oxygens (including phenoxy) is 1. The van der Waals surface area contributed by atoms with Gasteiger partial charge in [0, 0.05) is 11.3 Å². The zero-order chi connectivity index (χ0) is 17.6. The third kappa shape index (κ3) is 3.89. The minimum atomic E-state index is -0.529. The fraction of sp³-hybridized carbons (Fsp3) is 0.111. The van der Waals surface area contributed by atoms with E-state index in [-0.39, 0.29) is 11.8 Å². The number of aromatic nitrogens is 2. The summed E-state index contributed by atoms with van der Waals surface area (Å²) in [5.74, 6) is -0.819. The fourth-order valence-electron chi connectivity index (χ4n) is 2.10. The summed E-state index contributed by atoms with van der Waals surface area (Å²) in [5, 5.41) is 10.3. The average Bonchev–Trinajstić information content (AvgIpc) is 3.13. The maximum Gasteiger partial charge on any atom is 0.338 e. The lowest BCUT2D eigenvalue weighted by Crippen LogP contribution is -2.12. The molecule has 1 heterocycles. The molecule has 1 N–H and O–H groups in total. The molecule has 25 heavy (non-hydrogen) atoms. The lowest BCUT2D eigenvalue weighted by molar-refractivity contribution is 0.0526. The van der Waals surface area contributed by atoms with Crippen LogP contribution in [0.5, 0.6) is 0 Å². The topological polar surface area (TPSA) is 94.3 Å². The van der Waals surface area contributed by atoms with Crippen LogP contribution in [0.1, 0.15) is 28.0 Å². The number of esters is 1. The van der Waals surface area contributed by atoms with E-state index in [2.05, 4.69) is 15.5 Å². The van der Waals surface area contributed by atoms with Crippen molar-refractivity contribution in [2.24, 2.45) is 0 Å². The van der Waals surface area contributed by atoms with Crippen molar-refractivity contribution in [2.45, 2.75) is 6.92 Å². The Hall–Kier alpha value is -3.48. The van der Waals surface area contributed by atoms with Crippen LogP contribution in [-0.2, 0) is 4.74 Å². The normalized spacial score (nSPS) is 10.3. The van der Waals surface area contributed by atoms with E-state index in [0.29, 0.717) is 17.9 Å². The molecule has 7 heteroatoms. The Bertz CT molecular complexity index is 873. The van der Waals surface area contributed by atoms with Crippen molar-refractivity contribution in [3.63, 3.8) is 0 Å². The van der Waals surface area contributed by atoms with Crippen molar-refractivity contribution in [1.82, 2.24) is 10.2 Å². The van der Waals surface area contributed by atoms with Gasteiger partial charge in [-0.25, -0.2) is 4.79 Å². The first-order valence-electron chi connectivity index (χ1n) is 7.65. The number of rotatable bonds is 5. The highest BCUT2D eigenvalue weighted by atomic mass is 16.5. The first kappa shape index (κ1) is 16.4. The van der Waals surface area contributed by atoms with E-state index >= 15 is 0 Å². The van der Waals surface area contributed by atoms with Gasteiger partial charge in [-0.1, -0.05) is 18.2 Å². The maximum atomic E-state index is 12.2. The fourth-order valence-corrected chi connectivity index (χ4v) is 2.10. The SMILES string of the molecule is CCOC(=O)c1ccc(NC(=O)c2nnc(-c3ccccc3)o2)cc1. The lowest BCUT2D eigenvalue weighted by atomic mass is 10.2. The van der Waals surface area contributed by atoms with E-state index in [1.807, 2.05) is 30.3 Å². The number of amides is 1. The molecule has 7 nitrogen and oxygen atoms in total. The van der Waals surface area contributed by atoms with Gasteiger partial charge in [-0.2, -0.15) is 0 Å². The highest BCUT2D eigenvalue weighted by molar-refractivity contribution is 6.01. The highest BCUT2D eigenvalue weighted by Crippen LogP contribution is 2.18. The molecule has 0 aliphatic carbocycles. The molecule has 0 aliphatic heterocycles. The Kier molecular flexibility index (Phi) is 4.84. The molecule has 0 bridgehead atoms. The van der Waals surface area contributed by atoms with Crippen molar-refractivity contribution < 1.29 is 18.7 Å². The van der Waals surface area contributed by atoms with Crippen molar-refractivity contribution in [2.75, 3.05) is 11.9 Å². The number of hydrogen-bond acceptors (Lipinski definition) is 6. The number of hydrogen-bond donors (Lipinski definition) is 1. The van der Waals surface area contributed by atoms with Gasteiger partial charge in [0.2, 0.25) is 5.89 Å². The summed E-state index contributed by atoms with van der Waals surface area (Å²) < 4.78 is 10.3. The molecule has 3 aromatic rings. The second kappa shape index (κ2) is 7.39. The van der Waals surface area contributed by atoms with Crippen molar-refractivity contribution in [3.05, 3.63) is 66.1 Å². The second-order valence-electron chi connectivity index (χ2n) is 5.03. The molecule has 0 spiro atoms. The summed E-state index contributed by atoms with van der Waals surface area (Å²) in [6.45, 7) is 2.04. The number of carbonyl (C=O) groups excluding carboxylic acids is 2. The van der Waals surface area contributed by atoms with Gasteiger partial charge in [0.15, 0.2) is 0 Å². The lowest BCUT2D eigenvalue weighted by Gasteiger charge is -2.04. The zero-order valence-electron chi connectivity index (χ0n) is 13.4. The molecular weight excluding hydrogens is 322 g/mol.